The van der Waals surface area contributed by atoms with E-state index in [1.54, 1.807) is 4.68 Å². The largest absolute Gasteiger partial charge is 0.257 e. The Labute approximate surface area is 132 Å². The molecule has 0 bridgehead atoms. The van der Waals surface area contributed by atoms with Crippen molar-refractivity contribution >= 4 is 27.5 Å². The molecule has 1 heterocycles. The van der Waals surface area contributed by atoms with Gasteiger partial charge < -0.3 is 0 Å². The SMILES string of the molecule is Cc1nn(C)c(Cl)c1CC(CBr)Cc1ccc(F)cc1. The Bertz CT molecular complexity index is 580. The predicted octanol–water partition coefficient (Wildman–Crippen LogP) is 4.32. The molecule has 2 aromatic rings. The van der Waals surface area contributed by atoms with Crippen molar-refractivity contribution in [2.24, 2.45) is 13.0 Å². The van der Waals surface area contributed by atoms with Crippen LogP contribution in [0.15, 0.2) is 24.3 Å². The van der Waals surface area contributed by atoms with Gasteiger partial charge in [-0.25, -0.2) is 4.39 Å². The van der Waals surface area contributed by atoms with Crippen LogP contribution >= 0.6 is 27.5 Å². The van der Waals surface area contributed by atoms with Gasteiger partial charge in [-0.1, -0.05) is 39.7 Å². The first kappa shape index (κ1) is 15.5. The second-order valence-electron chi connectivity index (χ2n) is 5.03. The average Bonchev–Trinajstić information content (AvgIpc) is 2.66. The molecule has 0 spiro atoms. The van der Waals surface area contributed by atoms with E-state index in [-0.39, 0.29) is 5.82 Å². The number of benzene rings is 1. The Morgan fingerprint density at radius 1 is 1.30 bits per heavy atom. The number of halogens is 3. The lowest BCUT2D eigenvalue weighted by Gasteiger charge is -2.14. The summed E-state index contributed by atoms with van der Waals surface area (Å²) in [6, 6.07) is 6.68. The number of alkyl halides is 1. The monoisotopic (exact) mass is 358 g/mol. The van der Waals surface area contributed by atoms with Gasteiger partial charge in [-0.2, -0.15) is 5.10 Å². The van der Waals surface area contributed by atoms with Crippen molar-refractivity contribution in [1.29, 1.82) is 0 Å². The molecule has 5 heteroatoms. The molecule has 108 valence electrons. The first-order chi connectivity index (χ1) is 9.51. The fourth-order valence-electron chi connectivity index (χ4n) is 2.33. The number of hydrogen-bond donors (Lipinski definition) is 0. The summed E-state index contributed by atoms with van der Waals surface area (Å²) in [5, 5.41) is 5.91. The van der Waals surface area contributed by atoms with E-state index in [4.69, 9.17) is 11.6 Å². The van der Waals surface area contributed by atoms with Crippen molar-refractivity contribution in [3.8, 4) is 0 Å². The zero-order chi connectivity index (χ0) is 14.7. The Morgan fingerprint density at radius 2 is 1.95 bits per heavy atom. The van der Waals surface area contributed by atoms with E-state index in [0.29, 0.717) is 11.1 Å². The zero-order valence-corrected chi connectivity index (χ0v) is 13.9. The third-order valence-electron chi connectivity index (χ3n) is 3.42. The predicted molar refractivity (Wildman–Crippen MR) is 84.0 cm³/mol. The Kier molecular flexibility index (Phi) is 5.22. The number of hydrogen-bond acceptors (Lipinski definition) is 1. The van der Waals surface area contributed by atoms with Crippen LogP contribution in [0.5, 0.6) is 0 Å². The number of aromatic nitrogens is 2. The molecule has 0 aliphatic carbocycles. The van der Waals surface area contributed by atoms with E-state index in [9.17, 15) is 4.39 Å². The van der Waals surface area contributed by atoms with E-state index in [2.05, 4.69) is 21.0 Å². The van der Waals surface area contributed by atoms with Gasteiger partial charge in [0.2, 0.25) is 0 Å². The summed E-state index contributed by atoms with van der Waals surface area (Å²) in [4.78, 5) is 0. The highest BCUT2D eigenvalue weighted by molar-refractivity contribution is 9.09. The number of aryl methyl sites for hydroxylation is 2. The van der Waals surface area contributed by atoms with Crippen molar-refractivity contribution in [2.45, 2.75) is 19.8 Å². The summed E-state index contributed by atoms with van der Waals surface area (Å²) in [6.07, 6.45) is 1.75. The van der Waals surface area contributed by atoms with Gasteiger partial charge in [-0.3, -0.25) is 4.68 Å². The lowest BCUT2D eigenvalue weighted by atomic mass is 9.94. The Hall–Kier alpha value is -0.870. The molecular formula is C15H17BrClFN2. The van der Waals surface area contributed by atoms with Crippen LogP contribution in [-0.2, 0) is 19.9 Å². The minimum atomic E-state index is -0.199. The summed E-state index contributed by atoms with van der Waals surface area (Å²) in [6.45, 7) is 1.98. The maximum absolute atomic E-state index is 12.9. The van der Waals surface area contributed by atoms with E-state index in [1.165, 1.54) is 12.1 Å². The molecule has 0 saturated carbocycles. The van der Waals surface area contributed by atoms with Crippen molar-refractivity contribution < 1.29 is 4.39 Å². The minimum absolute atomic E-state index is 0.199. The van der Waals surface area contributed by atoms with Gasteiger partial charge in [0.15, 0.2) is 0 Å². The van der Waals surface area contributed by atoms with Crippen LogP contribution in [0.2, 0.25) is 5.15 Å². The van der Waals surface area contributed by atoms with Crippen LogP contribution in [0, 0.1) is 18.7 Å². The maximum Gasteiger partial charge on any atom is 0.130 e. The summed E-state index contributed by atoms with van der Waals surface area (Å²) in [7, 11) is 1.85. The summed E-state index contributed by atoms with van der Waals surface area (Å²) in [5.74, 6) is 0.205. The van der Waals surface area contributed by atoms with Gasteiger partial charge >= 0.3 is 0 Å². The van der Waals surface area contributed by atoms with E-state index in [0.717, 1.165) is 35.0 Å². The molecule has 1 atom stereocenters. The Morgan fingerprint density at radius 3 is 2.45 bits per heavy atom. The molecule has 0 aliphatic heterocycles. The first-order valence-corrected chi connectivity index (χ1v) is 7.99. The fourth-order valence-corrected chi connectivity index (χ4v) is 3.04. The van der Waals surface area contributed by atoms with Crippen molar-refractivity contribution in [3.05, 3.63) is 52.1 Å². The van der Waals surface area contributed by atoms with Gasteiger partial charge in [0.05, 0.1) is 5.69 Å². The summed E-state index contributed by atoms with van der Waals surface area (Å²) in [5.41, 5.74) is 3.21. The van der Waals surface area contributed by atoms with Crippen LogP contribution < -0.4 is 0 Å². The molecule has 0 radical (unpaired) electrons. The molecule has 2 rings (SSSR count). The van der Waals surface area contributed by atoms with Crippen LogP contribution in [0.4, 0.5) is 4.39 Å². The average molecular weight is 360 g/mol. The highest BCUT2D eigenvalue weighted by atomic mass is 79.9. The molecule has 20 heavy (non-hydrogen) atoms. The third-order valence-corrected chi connectivity index (χ3v) is 4.81. The molecule has 0 saturated heterocycles. The van der Waals surface area contributed by atoms with E-state index >= 15 is 0 Å². The molecule has 1 aromatic carbocycles. The second kappa shape index (κ2) is 6.72. The molecule has 1 aromatic heterocycles. The van der Waals surface area contributed by atoms with Crippen molar-refractivity contribution in [3.63, 3.8) is 0 Å². The van der Waals surface area contributed by atoms with Gasteiger partial charge in [-0.05, 0) is 43.4 Å². The molecule has 0 fully saturated rings. The molecule has 0 aliphatic rings. The van der Waals surface area contributed by atoms with Crippen LogP contribution in [0.25, 0.3) is 0 Å². The lowest BCUT2D eigenvalue weighted by molar-refractivity contribution is 0.586. The van der Waals surface area contributed by atoms with E-state index in [1.807, 2.05) is 26.1 Å². The highest BCUT2D eigenvalue weighted by Gasteiger charge is 2.17. The topological polar surface area (TPSA) is 17.8 Å². The van der Waals surface area contributed by atoms with Crippen LogP contribution in [0.3, 0.4) is 0 Å². The smallest absolute Gasteiger partial charge is 0.130 e. The minimum Gasteiger partial charge on any atom is -0.257 e. The van der Waals surface area contributed by atoms with Crippen LogP contribution in [0.1, 0.15) is 16.8 Å². The maximum atomic E-state index is 12.9. The lowest BCUT2D eigenvalue weighted by Crippen LogP contribution is -2.10. The van der Waals surface area contributed by atoms with Crippen LogP contribution in [-0.4, -0.2) is 15.1 Å². The number of rotatable bonds is 5. The summed E-state index contributed by atoms with van der Waals surface area (Å²) >= 11 is 9.83. The molecule has 1 unspecified atom stereocenters. The standard InChI is InChI=1S/C15H17BrClFN2/c1-10-14(15(17)20(2)19-10)8-12(9-16)7-11-3-5-13(18)6-4-11/h3-6,12H,7-9H2,1-2H3. The van der Waals surface area contributed by atoms with E-state index < -0.39 is 0 Å². The van der Waals surface area contributed by atoms with Gasteiger partial charge in [0, 0.05) is 17.9 Å². The van der Waals surface area contributed by atoms with Gasteiger partial charge in [0.1, 0.15) is 11.0 Å². The highest BCUT2D eigenvalue weighted by Crippen LogP contribution is 2.25. The summed E-state index contributed by atoms with van der Waals surface area (Å²) < 4.78 is 14.6. The second-order valence-corrected chi connectivity index (χ2v) is 6.04. The van der Waals surface area contributed by atoms with Gasteiger partial charge in [-0.15, -0.1) is 0 Å². The normalized spacial score (nSPS) is 12.7. The molecule has 0 amide bonds. The Balaban J connectivity index is 2.11. The first-order valence-electron chi connectivity index (χ1n) is 6.49. The molecule has 2 nitrogen and oxygen atoms in total. The fraction of sp³-hybridized carbons (Fsp3) is 0.400. The quantitative estimate of drug-likeness (QED) is 0.727. The van der Waals surface area contributed by atoms with Crippen molar-refractivity contribution in [2.75, 3.05) is 5.33 Å². The van der Waals surface area contributed by atoms with Crippen molar-refractivity contribution in [1.82, 2.24) is 9.78 Å². The molecule has 0 N–H and O–H groups in total. The number of nitrogens with zero attached hydrogens (tertiary/aromatic N) is 2. The molecular weight excluding hydrogens is 343 g/mol. The zero-order valence-electron chi connectivity index (χ0n) is 11.5. The van der Waals surface area contributed by atoms with Gasteiger partial charge in [0.25, 0.3) is 0 Å². The third kappa shape index (κ3) is 3.61.